The van der Waals surface area contributed by atoms with E-state index < -0.39 is 11.7 Å². The van der Waals surface area contributed by atoms with Crippen LogP contribution in [0.15, 0.2) is 12.5 Å². The number of aliphatic hydroxyl groups is 2. The Morgan fingerprint density at radius 2 is 2.22 bits per heavy atom. The maximum absolute atomic E-state index is 9.98. The highest BCUT2D eigenvalue weighted by Gasteiger charge is 2.37. The van der Waals surface area contributed by atoms with Crippen LogP contribution in [0.2, 0.25) is 0 Å². The molecule has 0 unspecified atom stereocenters. The van der Waals surface area contributed by atoms with E-state index in [1.807, 2.05) is 11.1 Å². The van der Waals surface area contributed by atoms with Gasteiger partial charge in [-0.1, -0.05) is 13.8 Å². The van der Waals surface area contributed by atoms with Gasteiger partial charge in [-0.15, -0.1) is 0 Å². The molecule has 100 valence electrons. The van der Waals surface area contributed by atoms with E-state index in [1.165, 1.54) is 6.33 Å². The lowest BCUT2D eigenvalue weighted by Crippen LogP contribution is -2.54. The number of aromatic nitrogens is 2. The molecule has 0 radical (unpaired) electrons. The lowest BCUT2D eigenvalue weighted by atomic mass is 9.90. The first-order chi connectivity index (χ1) is 8.42. The van der Waals surface area contributed by atoms with E-state index in [1.54, 1.807) is 6.92 Å². The van der Waals surface area contributed by atoms with Gasteiger partial charge in [-0.25, -0.2) is 9.97 Å². The molecule has 1 aliphatic rings. The zero-order chi connectivity index (χ0) is 13.3. The molecule has 1 saturated heterocycles. The Morgan fingerprint density at radius 3 is 2.83 bits per heavy atom. The average Bonchev–Trinajstić information content (AvgIpc) is 2.33. The molecule has 0 saturated carbocycles. The van der Waals surface area contributed by atoms with Crippen molar-refractivity contribution >= 4 is 5.82 Å². The topological polar surface area (TPSA) is 69.5 Å². The molecular weight excluding hydrogens is 230 g/mol. The first kappa shape index (κ1) is 13.2. The van der Waals surface area contributed by atoms with Crippen LogP contribution in [0.5, 0.6) is 0 Å². The highest BCUT2D eigenvalue weighted by atomic mass is 16.3. The number of nitrogens with zero attached hydrogens (tertiary/aromatic N) is 3. The Labute approximate surface area is 107 Å². The van der Waals surface area contributed by atoms with Crippen molar-refractivity contribution in [1.82, 2.24) is 9.97 Å². The van der Waals surface area contributed by atoms with E-state index in [0.717, 1.165) is 11.4 Å². The Bertz CT molecular complexity index is 420. The third-order valence-electron chi connectivity index (χ3n) is 3.64. The quantitative estimate of drug-likeness (QED) is 0.818. The number of hydrogen-bond donors (Lipinski definition) is 2. The number of anilines is 1. The molecule has 0 spiro atoms. The van der Waals surface area contributed by atoms with Crippen LogP contribution in [0.1, 0.15) is 38.7 Å². The highest BCUT2D eigenvalue weighted by Crippen LogP contribution is 2.29. The lowest BCUT2D eigenvalue weighted by Gasteiger charge is -2.41. The fraction of sp³-hybridized carbons (Fsp3) is 0.692. The number of aliphatic hydroxyl groups excluding tert-OH is 1. The van der Waals surface area contributed by atoms with Gasteiger partial charge in [0.1, 0.15) is 12.1 Å². The van der Waals surface area contributed by atoms with Crippen molar-refractivity contribution in [3.8, 4) is 0 Å². The van der Waals surface area contributed by atoms with Crippen molar-refractivity contribution in [3.63, 3.8) is 0 Å². The van der Waals surface area contributed by atoms with E-state index >= 15 is 0 Å². The van der Waals surface area contributed by atoms with Crippen molar-refractivity contribution < 1.29 is 10.2 Å². The number of β-amino-alcohol motifs (C(OH)–C–C–N with tert-alkyl or cyclic N) is 1. The molecule has 1 aromatic heterocycles. The van der Waals surface area contributed by atoms with Gasteiger partial charge in [-0.3, -0.25) is 0 Å². The van der Waals surface area contributed by atoms with Gasteiger partial charge in [0.05, 0.1) is 11.7 Å². The molecule has 0 aromatic carbocycles. The fourth-order valence-electron chi connectivity index (χ4n) is 2.22. The molecule has 2 heterocycles. The van der Waals surface area contributed by atoms with Crippen LogP contribution in [0.4, 0.5) is 5.82 Å². The Hall–Kier alpha value is -1.20. The van der Waals surface area contributed by atoms with E-state index in [-0.39, 0.29) is 0 Å². The van der Waals surface area contributed by atoms with Crippen LogP contribution < -0.4 is 4.90 Å². The summed E-state index contributed by atoms with van der Waals surface area (Å²) in [5.41, 5.74) is 0.0767. The number of hydrogen-bond acceptors (Lipinski definition) is 5. The molecule has 0 aliphatic carbocycles. The number of piperidine rings is 1. The zero-order valence-corrected chi connectivity index (χ0v) is 11.2. The number of rotatable bonds is 2. The van der Waals surface area contributed by atoms with Crippen molar-refractivity contribution in [2.45, 2.75) is 44.8 Å². The predicted molar refractivity (Wildman–Crippen MR) is 69.6 cm³/mol. The zero-order valence-electron chi connectivity index (χ0n) is 11.2. The Kier molecular flexibility index (Phi) is 3.54. The molecule has 18 heavy (non-hydrogen) atoms. The summed E-state index contributed by atoms with van der Waals surface area (Å²) in [5, 5.41) is 19.9. The molecule has 0 bridgehead atoms. The van der Waals surface area contributed by atoms with Gasteiger partial charge in [0, 0.05) is 24.8 Å². The molecule has 1 aliphatic heterocycles. The minimum Gasteiger partial charge on any atom is -0.388 e. The Balaban J connectivity index is 2.23. The molecule has 2 N–H and O–H groups in total. The first-order valence-electron chi connectivity index (χ1n) is 6.37. The van der Waals surface area contributed by atoms with E-state index in [2.05, 4.69) is 23.8 Å². The maximum Gasteiger partial charge on any atom is 0.135 e. The summed E-state index contributed by atoms with van der Waals surface area (Å²) in [7, 11) is 0. The second-order valence-electron chi connectivity index (χ2n) is 5.53. The second-order valence-corrected chi connectivity index (χ2v) is 5.53. The molecule has 2 rings (SSSR count). The molecule has 5 heteroatoms. The third kappa shape index (κ3) is 2.47. The Morgan fingerprint density at radius 1 is 1.50 bits per heavy atom. The van der Waals surface area contributed by atoms with Gasteiger partial charge in [0.2, 0.25) is 0 Å². The summed E-state index contributed by atoms with van der Waals surface area (Å²) in [6, 6.07) is 0. The second kappa shape index (κ2) is 4.82. The lowest BCUT2D eigenvalue weighted by molar-refractivity contribution is -0.0723. The molecule has 1 fully saturated rings. The normalized spacial score (nSPS) is 28.8. The van der Waals surface area contributed by atoms with Gasteiger partial charge >= 0.3 is 0 Å². The molecular formula is C13H21N3O2. The summed E-state index contributed by atoms with van der Waals surface area (Å²) in [6.07, 6.45) is 3.14. The van der Waals surface area contributed by atoms with Crippen LogP contribution >= 0.6 is 0 Å². The summed E-state index contributed by atoms with van der Waals surface area (Å²) in [6.45, 7) is 6.97. The van der Waals surface area contributed by atoms with Crippen molar-refractivity contribution in [1.29, 1.82) is 0 Å². The van der Waals surface area contributed by atoms with Gasteiger partial charge in [0.15, 0.2) is 0 Å². The first-order valence-corrected chi connectivity index (χ1v) is 6.37. The maximum atomic E-state index is 9.98. The summed E-state index contributed by atoms with van der Waals surface area (Å²) >= 11 is 0. The van der Waals surface area contributed by atoms with Crippen molar-refractivity contribution in [3.05, 3.63) is 18.1 Å². The molecule has 0 amide bonds. The van der Waals surface area contributed by atoms with Gasteiger partial charge in [-0.05, 0) is 19.3 Å². The van der Waals surface area contributed by atoms with Crippen LogP contribution in [-0.4, -0.2) is 45.0 Å². The monoisotopic (exact) mass is 251 g/mol. The van der Waals surface area contributed by atoms with Crippen molar-refractivity contribution in [2.24, 2.45) is 0 Å². The van der Waals surface area contributed by atoms with Crippen molar-refractivity contribution in [2.75, 3.05) is 18.0 Å². The smallest absolute Gasteiger partial charge is 0.135 e. The standard InChI is InChI=1S/C13H21N3O2/c1-9(2)10-6-14-8-15-12(10)16-5-4-13(3,18)11(17)7-16/h6,8-9,11,17-18H,4-5,7H2,1-3H3/t11-,13+/m0/s1. The summed E-state index contributed by atoms with van der Waals surface area (Å²) < 4.78 is 0. The fourth-order valence-corrected chi connectivity index (χ4v) is 2.22. The molecule has 5 nitrogen and oxygen atoms in total. The summed E-state index contributed by atoms with van der Waals surface area (Å²) in [5.74, 6) is 1.20. The molecule has 2 atom stereocenters. The van der Waals surface area contributed by atoms with Gasteiger partial charge in [-0.2, -0.15) is 0 Å². The van der Waals surface area contributed by atoms with Crippen LogP contribution in [0.25, 0.3) is 0 Å². The van der Waals surface area contributed by atoms with Gasteiger partial charge in [0.25, 0.3) is 0 Å². The van der Waals surface area contributed by atoms with Crippen LogP contribution in [0.3, 0.4) is 0 Å². The van der Waals surface area contributed by atoms with E-state index in [0.29, 0.717) is 25.4 Å². The molecule has 1 aromatic rings. The van der Waals surface area contributed by atoms with E-state index in [4.69, 9.17) is 0 Å². The summed E-state index contributed by atoms with van der Waals surface area (Å²) in [4.78, 5) is 10.4. The van der Waals surface area contributed by atoms with Crippen LogP contribution in [0, 0.1) is 0 Å². The minimum atomic E-state index is -0.998. The van der Waals surface area contributed by atoms with Crippen LogP contribution in [-0.2, 0) is 0 Å². The van der Waals surface area contributed by atoms with Gasteiger partial charge < -0.3 is 15.1 Å². The highest BCUT2D eigenvalue weighted by molar-refractivity contribution is 5.47. The average molecular weight is 251 g/mol. The predicted octanol–water partition coefficient (Wildman–Crippen LogP) is 0.922. The largest absolute Gasteiger partial charge is 0.388 e. The SMILES string of the molecule is CC(C)c1cncnc1N1CC[C@@](C)(O)[C@@H](O)C1. The third-order valence-corrected chi connectivity index (χ3v) is 3.64. The van der Waals surface area contributed by atoms with E-state index in [9.17, 15) is 10.2 Å². The minimum absolute atomic E-state index is 0.334.